The maximum Gasteiger partial charge on any atom is 0.272 e. The summed E-state index contributed by atoms with van der Waals surface area (Å²) in [5, 5.41) is 10.0. The second kappa shape index (κ2) is 7.89. The Morgan fingerprint density at radius 1 is 1.36 bits per heavy atom. The number of H-pyrrole nitrogens is 1. The Balaban J connectivity index is 1.51. The van der Waals surface area contributed by atoms with E-state index in [2.05, 4.69) is 20.4 Å². The van der Waals surface area contributed by atoms with Gasteiger partial charge in [-0.25, -0.2) is 4.39 Å². The van der Waals surface area contributed by atoms with Gasteiger partial charge >= 0.3 is 0 Å². The van der Waals surface area contributed by atoms with Crippen molar-refractivity contribution in [3.05, 3.63) is 46.5 Å². The van der Waals surface area contributed by atoms with Gasteiger partial charge in [-0.15, -0.1) is 0 Å². The first kappa shape index (κ1) is 18.9. The predicted octanol–water partition coefficient (Wildman–Crippen LogP) is 2.34. The van der Waals surface area contributed by atoms with Gasteiger partial charge in [0.25, 0.3) is 5.91 Å². The summed E-state index contributed by atoms with van der Waals surface area (Å²) in [6, 6.07) is 4.69. The zero-order chi connectivity index (χ0) is 19.7. The van der Waals surface area contributed by atoms with E-state index < -0.39 is 0 Å². The highest BCUT2D eigenvalue weighted by Gasteiger charge is 2.29. The van der Waals surface area contributed by atoms with Crippen LogP contribution in [0.5, 0.6) is 0 Å². The average Bonchev–Trinajstić information content (AvgIpc) is 3.11. The van der Waals surface area contributed by atoms with Gasteiger partial charge in [0.05, 0.1) is 31.1 Å². The van der Waals surface area contributed by atoms with Gasteiger partial charge in [0.15, 0.2) is 5.69 Å². The summed E-state index contributed by atoms with van der Waals surface area (Å²) in [6.07, 6.45) is 0.546. The molecule has 28 heavy (non-hydrogen) atoms. The zero-order valence-corrected chi connectivity index (χ0v) is 16.1. The first-order chi connectivity index (χ1) is 13.5. The normalized spacial score (nSPS) is 22.0. The highest BCUT2D eigenvalue weighted by molar-refractivity contribution is 5.94. The second-order valence-electron chi connectivity index (χ2n) is 7.31. The minimum Gasteiger partial charge on any atom is -0.378 e. The lowest BCUT2D eigenvalue weighted by molar-refractivity contribution is -0.00697. The number of aromatic amines is 1. The third-order valence-electron chi connectivity index (χ3n) is 5.28. The van der Waals surface area contributed by atoms with Gasteiger partial charge in [-0.05, 0) is 37.6 Å². The fraction of sp³-hybridized carbons (Fsp3) is 0.500. The maximum atomic E-state index is 13.8. The number of carbonyl (C=O) groups is 1. The van der Waals surface area contributed by atoms with Crippen molar-refractivity contribution in [2.75, 3.05) is 31.2 Å². The number of nitrogens with zero attached hydrogens (tertiary/aromatic N) is 2. The molecule has 0 aliphatic carbocycles. The Morgan fingerprint density at radius 3 is 2.93 bits per heavy atom. The number of nitrogens with one attached hydrogen (secondary N) is 2. The molecule has 0 spiro atoms. The van der Waals surface area contributed by atoms with E-state index in [4.69, 9.17) is 9.47 Å². The number of rotatable bonds is 4. The van der Waals surface area contributed by atoms with Crippen molar-refractivity contribution in [3.8, 4) is 0 Å². The number of morpholine rings is 1. The zero-order valence-electron chi connectivity index (χ0n) is 16.1. The average molecular weight is 388 g/mol. The van der Waals surface area contributed by atoms with Crippen molar-refractivity contribution in [1.82, 2.24) is 15.5 Å². The maximum absolute atomic E-state index is 13.8. The molecule has 2 atom stereocenters. The summed E-state index contributed by atoms with van der Waals surface area (Å²) in [5.74, 6) is -0.589. The molecule has 2 aliphatic heterocycles. The fourth-order valence-corrected chi connectivity index (χ4v) is 3.93. The second-order valence-corrected chi connectivity index (χ2v) is 7.31. The summed E-state index contributed by atoms with van der Waals surface area (Å²) in [7, 11) is 0. The van der Waals surface area contributed by atoms with E-state index in [0.29, 0.717) is 25.3 Å². The van der Waals surface area contributed by atoms with Gasteiger partial charge in [-0.1, -0.05) is 0 Å². The van der Waals surface area contributed by atoms with Crippen molar-refractivity contribution in [1.29, 1.82) is 0 Å². The van der Waals surface area contributed by atoms with Crippen LogP contribution in [0.4, 0.5) is 10.1 Å². The topological polar surface area (TPSA) is 79.5 Å². The summed E-state index contributed by atoms with van der Waals surface area (Å²) < 4.78 is 25.0. The lowest BCUT2D eigenvalue weighted by Gasteiger charge is -2.30. The molecule has 4 rings (SSSR count). The van der Waals surface area contributed by atoms with E-state index in [0.717, 1.165) is 35.6 Å². The Hall–Kier alpha value is -2.45. The van der Waals surface area contributed by atoms with Crippen LogP contribution in [0.3, 0.4) is 0 Å². The monoisotopic (exact) mass is 388 g/mol. The number of ether oxygens (including phenoxy) is 2. The van der Waals surface area contributed by atoms with Gasteiger partial charge in [0, 0.05) is 37.3 Å². The van der Waals surface area contributed by atoms with Crippen LogP contribution in [0.25, 0.3) is 0 Å². The fourth-order valence-electron chi connectivity index (χ4n) is 3.93. The molecular formula is C20H25FN4O3. The molecule has 7 nitrogen and oxygen atoms in total. The van der Waals surface area contributed by atoms with E-state index in [-0.39, 0.29) is 30.5 Å². The molecule has 2 N–H and O–H groups in total. The molecule has 8 heteroatoms. The molecule has 1 aromatic heterocycles. The van der Waals surface area contributed by atoms with Crippen LogP contribution in [-0.4, -0.2) is 48.5 Å². The summed E-state index contributed by atoms with van der Waals surface area (Å²) >= 11 is 0. The number of halogens is 1. The number of carbonyl (C=O) groups excluding carboxylic acids is 1. The van der Waals surface area contributed by atoms with Crippen molar-refractivity contribution < 1.29 is 18.7 Å². The number of anilines is 1. The number of aromatic nitrogens is 2. The van der Waals surface area contributed by atoms with E-state index >= 15 is 0 Å². The van der Waals surface area contributed by atoms with Crippen molar-refractivity contribution in [3.63, 3.8) is 0 Å². The van der Waals surface area contributed by atoms with Crippen molar-refractivity contribution in [2.24, 2.45) is 0 Å². The molecule has 0 saturated carbocycles. The quantitative estimate of drug-likeness (QED) is 0.841. The van der Waals surface area contributed by atoms with Crippen LogP contribution >= 0.6 is 0 Å². The summed E-state index contributed by atoms with van der Waals surface area (Å²) in [5.41, 5.74) is 3.80. The van der Waals surface area contributed by atoms with E-state index in [1.807, 2.05) is 13.8 Å². The molecule has 0 radical (unpaired) electrons. The smallest absolute Gasteiger partial charge is 0.272 e. The lowest BCUT2D eigenvalue weighted by Crippen LogP contribution is -2.37. The number of hydrogen-bond donors (Lipinski definition) is 2. The molecule has 150 valence electrons. The van der Waals surface area contributed by atoms with Gasteiger partial charge in [0.1, 0.15) is 5.82 Å². The lowest BCUT2D eigenvalue weighted by atomic mass is 9.99. The van der Waals surface area contributed by atoms with Crippen molar-refractivity contribution >= 4 is 11.6 Å². The van der Waals surface area contributed by atoms with Crippen LogP contribution in [0, 0.1) is 5.82 Å². The molecule has 1 saturated heterocycles. The Bertz CT molecular complexity index is 863. The third kappa shape index (κ3) is 3.74. The molecular weight excluding hydrogens is 363 g/mol. The number of fused-ring (bicyclic) bond motifs is 1. The number of hydrogen-bond acceptors (Lipinski definition) is 5. The van der Waals surface area contributed by atoms with Gasteiger partial charge < -0.3 is 19.7 Å². The Labute approximate surface area is 163 Å². The molecule has 1 aromatic carbocycles. The van der Waals surface area contributed by atoms with Gasteiger partial charge in [-0.3, -0.25) is 9.89 Å². The molecule has 3 heterocycles. The minimum atomic E-state index is -0.321. The largest absolute Gasteiger partial charge is 0.378 e. The molecule has 1 amide bonds. The SMILES string of the molecule is C[C@@H]1Cc2c(C(=O)NCc3cc(F)ccc3N3CCOCC3)n[nH]c2[C@H](C)O1. The van der Waals surface area contributed by atoms with Crippen LogP contribution < -0.4 is 10.2 Å². The van der Waals surface area contributed by atoms with Crippen LogP contribution in [-0.2, 0) is 22.4 Å². The number of amides is 1. The van der Waals surface area contributed by atoms with Crippen LogP contribution in [0.1, 0.15) is 47.3 Å². The van der Waals surface area contributed by atoms with Crippen LogP contribution in [0.2, 0.25) is 0 Å². The first-order valence-electron chi connectivity index (χ1n) is 9.65. The molecule has 0 unspecified atom stereocenters. The van der Waals surface area contributed by atoms with Gasteiger partial charge in [0.2, 0.25) is 0 Å². The predicted molar refractivity (Wildman–Crippen MR) is 102 cm³/mol. The van der Waals surface area contributed by atoms with Gasteiger partial charge in [-0.2, -0.15) is 5.10 Å². The molecule has 2 aromatic rings. The van der Waals surface area contributed by atoms with Crippen molar-refractivity contribution in [2.45, 2.75) is 39.0 Å². The molecule has 1 fully saturated rings. The standard InChI is InChI=1S/C20H25FN4O3/c1-12-9-16-18(13(2)28-12)23-24-19(16)20(26)22-11-14-10-15(21)3-4-17(14)25-5-7-27-8-6-25/h3-4,10,12-13H,5-9,11H2,1-2H3,(H,22,26)(H,23,24)/t12-,13+/m1/s1. The number of benzene rings is 1. The summed E-state index contributed by atoms with van der Waals surface area (Å²) in [4.78, 5) is 14.9. The minimum absolute atomic E-state index is 0.0304. The first-order valence-corrected chi connectivity index (χ1v) is 9.65. The third-order valence-corrected chi connectivity index (χ3v) is 5.28. The molecule has 0 bridgehead atoms. The van der Waals surface area contributed by atoms with E-state index in [1.165, 1.54) is 12.1 Å². The molecule has 2 aliphatic rings. The van der Waals surface area contributed by atoms with Crippen LogP contribution in [0.15, 0.2) is 18.2 Å². The van der Waals surface area contributed by atoms with E-state index in [1.54, 1.807) is 6.07 Å². The van der Waals surface area contributed by atoms with E-state index in [9.17, 15) is 9.18 Å². The Morgan fingerprint density at radius 2 is 2.14 bits per heavy atom. The Kier molecular flexibility index (Phi) is 5.32. The highest BCUT2D eigenvalue weighted by atomic mass is 19.1. The highest BCUT2D eigenvalue weighted by Crippen LogP contribution is 2.30. The summed E-state index contributed by atoms with van der Waals surface area (Å²) in [6.45, 7) is 6.92.